The van der Waals surface area contributed by atoms with Gasteiger partial charge in [-0.05, 0) is 6.42 Å². The number of hydrogen-bond donors (Lipinski definition) is 1. The molecule has 25 heavy (non-hydrogen) atoms. The molecule has 1 amide bonds. The van der Waals surface area contributed by atoms with Crippen molar-refractivity contribution in [1.29, 1.82) is 0 Å². The van der Waals surface area contributed by atoms with E-state index in [0.29, 0.717) is 18.8 Å². The van der Waals surface area contributed by atoms with Crippen molar-refractivity contribution in [1.82, 2.24) is 24.2 Å². The van der Waals surface area contributed by atoms with Crippen molar-refractivity contribution >= 4 is 22.6 Å². The lowest BCUT2D eigenvalue weighted by Gasteiger charge is -2.16. The second-order valence-electron chi connectivity index (χ2n) is 5.76. The molecular weight excluding hydrogens is 336 g/mol. The Morgan fingerprint density at radius 3 is 2.92 bits per heavy atom. The molecular formula is C17H16N6OS. The molecule has 1 saturated heterocycles. The van der Waals surface area contributed by atoms with Gasteiger partial charge in [0.15, 0.2) is 5.82 Å². The molecule has 0 saturated carbocycles. The third-order valence-corrected chi connectivity index (χ3v) is 4.69. The maximum Gasteiger partial charge on any atom is 0.274 e. The van der Waals surface area contributed by atoms with Gasteiger partial charge in [0.25, 0.3) is 5.91 Å². The summed E-state index contributed by atoms with van der Waals surface area (Å²) >= 11 is 1.34. The highest BCUT2D eigenvalue weighted by atomic mass is 32.1. The van der Waals surface area contributed by atoms with Crippen molar-refractivity contribution in [2.75, 3.05) is 18.4 Å². The van der Waals surface area contributed by atoms with Crippen LogP contribution in [0.2, 0.25) is 0 Å². The Labute approximate surface area is 148 Å². The zero-order valence-electron chi connectivity index (χ0n) is 13.4. The van der Waals surface area contributed by atoms with Gasteiger partial charge in [0.1, 0.15) is 5.69 Å². The van der Waals surface area contributed by atoms with Gasteiger partial charge in [-0.3, -0.25) is 9.78 Å². The number of anilines is 1. The molecule has 2 aromatic heterocycles. The van der Waals surface area contributed by atoms with Crippen LogP contribution < -0.4 is 5.32 Å². The van der Waals surface area contributed by atoms with Crippen molar-refractivity contribution in [3.63, 3.8) is 0 Å². The SMILES string of the molecule is O=C(c1cnccn1)N1CC[C@H](Nc2nc(-c3ccccc3)ns2)C1. The van der Waals surface area contributed by atoms with Crippen LogP contribution in [0.3, 0.4) is 0 Å². The van der Waals surface area contributed by atoms with Crippen LogP contribution in [0.1, 0.15) is 16.9 Å². The summed E-state index contributed by atoms with van der Waals surface area (Å²) in [6.07, 6.45) is 5.46. The molecule has 0 bridgehead atoms. The maximum absolute atomic E-state index is 12.4. The Hall–Kier alpha value is -2.87. The van der Waals surface area contributed by atoms with E-state index in [1.807, 2.05) is 30.3 Å². The van der Waals surface area contributed by atoms with E-state index in [4.69, 9.17) is 0 Å². The van der Waals surface area contributed by atoms with E-state index in [-0.39, 0.29) is 11.9 Å². The lowest BCUT2D eigenvalue weighted by Crippen LogP contribution is -2.32. The predicted octanol–water partition coefficient (Wildman–Crippen LogP) is 2.32. The van der Waals surface area contributed by atoms with E-state index in [2.05, 4.69) is 24.6 Å². The molecule has 0 spiro atoms. The number of likely N-dealkylation sites (tertiary alicyclic amines) is 1. The van der Waals surface area contributed by atoms with Crippen LogP contribution in [0.15, 0.2) is 48.9 Å². The third kappa shape index (κ3) is 3.48. The van der Waals surface area contributed by atoms with Crippen LogP contribution in [-0.2, 0) is 0 Å². The van der Waals surface area contributed by atoms with Crippen LogP contribution in [-0.4, -0.2) is 49.3 Å². The van der Waals surface area contributed by atoms with Crippen LogP contribution in [0.25, 0.3) is 11.4 Å². The molecule has 3 aromatic rings. The van der Waals surface area contributed by atoms with Crippen molar-refractivity contribution in [3.8, 4) is 11.4 Å². The molecule has 7 nitrogen and oxygen atoms in total. The minimum Gasteiger partial charge on any atom is -0.356 e. The van der Waals surface area contributed by atoms with Gasteiger partial charge in [-0.1, -0.05) is 30.3 Å². The van der Waals surface area contributed by atoms with Crippen LogP contribution in [0.5, 0.6) is 0 Å². The van der Waals surface area contributed by atoms with Gasteiger partial charge in [-0.2, -0.15) is 9.36 Å². The Balaban J connectivity index is 1.39. The zero-order chi connectivity index (χ0) is 17.1. The molecule has 0 unspecified atom stereocenters. The van der Waals surface area contributed by atoms with E-state index in [1.165, 1.54) is 23.9 Å². The molecule has 1 aromatic carbocycles. The Morgan fingerprint density at radius 1 is 1.24 bits per heavy atom. The summed E-state index contributed by atoms with van der Waals surface area (Å²) in [5, 5.41) is 4.16. The molecule has 126 valence electrons. The van der Waals surface area contributed by atoms with Gasteiger partial charge < -0.3 is 10.2 Å². The maximum atomic E-state index is 12.4. The monoisotopic (exact) mass is 352 g/mol. The Morgan fingerprint density at radius 2 is 2.12 bits per heavy atom. The van der Waals surface area contributed by atoms with Crippen molar-refractivity contribution < 1.29 is 4.79 Å². The smallest absolute Gasteiger partial charge is 0.274 e. The highest BCUT2D eigenvalue weighted by molar-refractivity contribution is 7.09. The average Bonchev–Trinajstić information content (AvgIpc) is 3.33. The summed E-state index contributed by atoms with van der Waals surface area (Å²) in [5.41, 5.74) is 1.38. The number of nitrogens with one attached hydrogen (secondary N) is 1. The number of hydrogen-bond acceptors (Lipinski definition) is 7. The molecule has 1 atom stereocenters. The van der Waals surface area contributed by atoms with E-state index < -0.39 is 0 Å². The van der Waals surface area contributed by atoms with E-state index >= 15 is 0 Å². The first-order valence-corrected chi connectivity index (χ1v) is 8.78. The van der Waals surface area contributed by atoms with Gasteiger partial charge in [0, 0.05) is 48.6 Å². The first-order valence-electron chi connectivity index (χ1n) is 8.00. The lowest BCUT2D eigenvalue weighted by atomic mass is 10.2. The number of rotatable bonds is 4. The molecule has 3 heterocycles. The number of aromatic nitrogens is 4. The number of nitrogens with zero attached hydrogens (tertiary/aromatic N) is 5. The molecule has 1 aliphatic heterocycles. The number of carbonyl (C=O) groups excluding carboxylic acids is 1. The number of amides is 1. The first-order chi connectivity index (χ1) is 12.3. The van der Waals surface area contributed by atoms with Gasteiger partial charge in [-0.15, -0.1) is 0 Å². The fourth-order valence-corrected chi connectivity index (χ4v) is 3.46. The Bertz CT molecular complexity index is 854. The van der Waals surface area contributed by atoms with Gasteiger partial charge in [-0.25, -0.2) is 4.98 Å². The largest absolute Gasteiger partial charge is 0.356 e. The highest BCUT2D eigenvalue weighted by Crippen LogP contribution is 2.23. The van der Waals surface area contributed by atoms with E-state index in [1.54, 1.807) is 11.1 Å². The second-order valence-corrected chi connectivity index (χ2v) is 6.51. The summed E-state index contributed by atoms with van der Waals surface area (Å²) in [6.45, 7) is 1.31. The van der Waals surface area contributed by atoms with Gasteiger partial charge in [0.2, 0.25) is 5.13 Å². The Kier molecular flexibility index (Phi) is 4.34. The minimum absolute atomic E-state index is 0.0837. The van der Waals surface area contributed by atoms with Crippen LogP contribution in [0.4, 0.5) is 5.13 Å². The average molecular weight is 352 g/mol. The minimum atomic E-state index is -0.0837. The van der Waals surface area contributed by atoms with Crippen molar-refractivity contribution in [3.05, 3.63) is 54.6 Å². The predicted molar refractivity (Wildman–Crippen MR) is 95.3 cm³/mol. The standard InChI is InChI=1S/C17H16N6OS/c24-16(14-10-18-7-8-19-14)23-9-6-13(11-23)20-17-21-15(22-25-17)12-4-2-1-3-5-12/h1-5,7-8,10,13H,6,9,11H2,(H,20,21,22)/t13-/m0/s1. The van der Waals surface area contributed by atoms with Gasteiger partial charge in [0.05, 0.1) is 6.20 Å². The highest BCUT2D eigenvalue weighted by Gasteiger charge is 2.28. The first kappa shape index (κ1) is 15.6. The molecule has 0 aliphatic carbocycles. The molecule has 1 N–H and O–H groups in total. The molecule has 8 heteroatoms. The number of carbonyl (C=O) groups is 1. The molecule has 4 rings (SSSR count). The third-order valence-electron chi connectivity index (χ3n) is 4.04. The quantitative estimate of drug-likeness (QED) is 0.776. The molecule has 0 radical (unpaired) electrons. The van der Waals surface area contributed by atoms with Crippen molar-refractivity contribution in [2.24, 2.45) is 0 Å². The molecule has 1 aliphatic rings. The summed E-state index contributed by atoms with van der Waals surface area (Å²) in [4.78, 5) is 26.8. The molecule has 1 fully saturated rings. The fraction of sp³-hybridized carbons (Fsp3) is 0.235. The summed E-state index contributed by atoms with van der Waals surface area (Å²) < 4.78 is 4.40. The summed E-state index contributed by atoms with van der Waals surface area (Å²) in [6, 6.07) is 10.0. The number of benzene rings is 1. The van der Waals surface area contributed by atoms with Crippen molar-refractivity contribution in [2.45, 2.75) is 12.5 Å². The summed E-state index contributed by atoms with van der Waals surface area (Å²) in [5.74, 6) is 0.637. The zero-order valence-corrected chi connectivity index (χ0v) is 14.2. The normalized spacial score (nSPS) is 16.8. The van der Waals surface area contributed by atoms with Crippen LogP contribution in [0, 0.1) is 0 Å². The van der Waals surface area contributed by atoms with E-state index in [9.17, 15) is 4.79 Å². The summed E-state index contributed by atoms with van der Waals surface area (Å²) in [7, 11) is 0. The van der Waals surface area contributed by atoms with Crippen LogP contribution >= 0.6 is 11.5 Å². The topological polar surface area (TPSA) is 83.9 Å². The van der Waals surface area contributed by atoms with E-state index in [0.717, 1.165) is 22.9 Å². The second kappa shape index (κ2) is 6.94. The van der Waals surface area contributed by atoms with Gasteiger partial charge >= 0.3 is 0 Å². The lowest BCUT2D eigenvalue weighted by molar-refractivity contribution is 0.0785. The fourth-order valence-electron chi connectivity index (χ4n) is 2.80.